The summed E-state index contributed by atoms with van der Waals surface area (Å²) in [6.07, 6.45) is 1.03. The number of amides is 1. The predicted octanol–water partition coefficient (Wildman–Crippen LogP) is 5.56. The first-order valence-electron chi connectivity index (χ1n) is 11.3. The van der Waals surface area contributed by atoms with Gasteiger partial charge in [0, 0.05) is 36.1 Å². The van der Waals surface area contributed by atoms with Gasteiger partial charge in [0.2, 0.25) is 0 Å². The number of piperidine rings is 1. The number of nitrogens with one attached hydrogen (secondary N) is 2. The Hall–Kier alpha value is -2.98. The van der Waals surface area contributed by atoms with Crippen LogP contribution in [0.2, 0.25) is 0 Å². The number of likely N-dealkylation sites (tertiary alicyclic amines) is 1. The van der Waals surface area contributed by atoms with Crippen LogP contribution in [0.1, 0.15) is 35.5 Å². The maximum atomic E-state index is 14.2. The number of carbonyl (C=O) groups excluding carboxylic acids is 1. The van der Waals surface area contributed by atoms with Crippen molar-refractivity contribution in [1.29, 1.82) is 0 Å². The average Bonchev–Trinajstić information content (AvgIpc) is 3.32. The van der Waals surface area contributed by atoms with E-state index >= 15 is 0 Å². The normalized spacial score (nSPS) is 18.3. The van der Waals surface area contributed by atoms with E-state index in [0.717, 1.165) is 29.5 Å². The molecular weight excluding hydrogens is 492 g/mol. The van der Waals surface area contributed by atoms with Crippen LogP contribution in [0.15, 0.2) is 58.8 Å². The molecule has 35 heavy (non-hydrogen) atoms. The molecule has 2 N–H and O–H groups in total. The highest BCUT2D eigenvalue weighted by molar-refractivity contribution is 7.92. The molecule has 0 bridgehead atoms. The van der Waals surface area contributed by atoms with Crippen LogP contribution in [-0.4, -0.2) is 32.3 Å². The van der Waals surface area contributed by atoms with Crippen molar-refractivity contribution in [2.45, 2.75) is 31.7 Å². The molecule has 186 valence electrons. The Morgan fingerprint density at radius 3 is 2.49 bits per heavy atom. The SMILES string of the molecule is C[C@H]1C[C@H](C)CN(C(=O)c2ccc(NCc3cccs3)c(S(=O)(=O)Nc3cc(F)ccc3F)c2)C1. The second kappa shape index (κ2) is 10.3. The molecule has 0 aliphatic carbocycles. The van der Waals surface area contributed by atoms with Crippen LogP contribution in [0, 0.1) is 23.5 Å². The number of hydrogen-bond donors (Lipinski definition) is 2. The van der Waals surface area contributed by atoms with Gasteiger partial charge >= 0.3 is 0 Å². The summed E-state index contributed by atoms with van der Waals surface area (Å²) in [5.41, 5.74) is -0.0441. The molecule has 0 radical (unpaired) electrons. The van der Waals surface area contributed by atoms with Crippen molar-refractivity contribution in [2.24, 2.45) is 11.8 Å². The third-order valence-electron chi connectivity index (χ3n) is 5.88. The first-order chi connectivity index (χ1) is 16.6. The highest BCUT2D eigenvalue weighted by atomic mass is 32.2. The molecule has 3 aromatic rings. The minimum absolute atomic E-state index is 0.216. The first kappa shape index (κ1) is 25.1. The van der Waals surface area contributed by atoms with Gasteiger partial charge < -0.3 is 10.2 Å². The standard InChI is InChI=1S/C25H27F2N3O3S2/c1-16-10-17(2)15-30(14-16)25(31)18-5-8-22(28-13-20-4-3-9-34-20)24(11-18)35(32,33)29-23-12-19(26)6-7-21(23)27/h3-9,11-12,16-17,28-29H,10,13-15H2,1-2H3/t16-,17-/m0/s1. The maximum Gasteiger partial charge on any atom is 0.264 e. The number of hydrogen-bond acceptors (Lipinski definition) is 5. The Morgan fingerprint density at radius 1 is 1.06 bits per heavy atom. The Labute approximate surface area is 208 Å². The molecule has 0 spiro atoms. The lowest BCUT2D eigenvalue weighted by atomic mass is 9.91. The van der Waals surface area contributed by atoms with Crippen LogP contribution in [0.25, 0.3) is 0 Å². The third-order valence-corrected chi connectivity index (χ3v) is 8.16. The van der Waals surface area contributed by atoms with E-state index in [-0.39, 0.29) is 22.1 Å². The second-order valence-corrected chi connectivity index (χ2v) is 11.7. The van der Waals surface area contributed by atoms with E-state index in [2.05, 4.69) is 23.9 Å². The van der Waals surface area contributed by atoms with Crippen LogP contribution in [0.5, 0.6) is 0 Å². The van der Waals surface area contributed by atoms with E-state index in [4.69, 9.17) is 0 Å². The number of carbonyl (C=O) groups is 1. The highest BCUT2D eigenvalue weighted by Crippen LogP contribution is 2.29. The van der Waals surface area contributed by atoms with Crippen molar-refractivity contribution in [2.75, 3.05) is 23.1 Å². The first-order valence-corrected chi connectivity index (χ1v) is 13.7. The van der Waals surface area contributed by atoms with Crippen molar-refractivity contribution in [3.8, 4) is 0 Å². The summed E-state index contributed by atoms with van der Waals surface area (Å²) in [5, 5.41) is 5.00. The Bertz CT molecular complexity index is 1300. The molecule has 1 aromatic heterocycles. The van der Waals surface area contributed by atoms with Gasteiger partial charge in [-0.3, -0.25) is 9.52 Å². The fraction of sp³-hybridized carbons (Fsp3) is 0.320. The van der Waals surface area contributed by atoms with Gasteiger partial charge in [0.05, 0.1) is 11.4 Å². The van der Waals surface area contributed by atoms with Crippen molar-refractivity contribution in [3.63, 3.8) is 0 Å². The molecule has 1 saturated heterocycles. The highest BCUT2D eigenvalue weighted by Gasteiger charge is 2.28. The van der Waals surface area contributed by atoms with Gasteiger partial charge in [0.25, 0.3) is 15.9 Å². The number of nitrogens with zero attached hydrogens (tertiary/aromatic N) is 1. The van der Waals surface area contributed by atoms with Crippen LogP contribution >= 0.6 is 11.3 Å². The van der Waals surface area contributed by atoms with Crippen molar-refractivity contribution in [3.05, 3.63) is 76.0 Å². The molecule has 2 aromatic carbocycles. The topological polar surface area (TPSA) is 78.5 Å². The molecule has 10 heteroatoms. The molecule has 2 atom stereocenters. The molecule has 1 aliphatic heterocycles. The van der Waals surface area contributed by atoms with E-state index in [0.29, 0.717) is 31.5 Å². The lowest BCUT2D eigenvalue weighted by molar-refractivity contribution is 0.0623. The smallest absolute Gasteiger partial charge is 0.264 e. The van der Waals surface area contributed by atoms with E-state index in [9.17, 15) is 22.0 Å². The molecule has 6 nitrogen and oxygen atoms in total. The summed E-state index contributed by atoms with van der Waals surface area (Å²) in [5.74, 6) is -1.27. The largest absolute Gasteiger partial charge is 0.379 e. The molecule has 0 unspecified atom stereocenters. The summed E-state index contributed by atoms with van der Waals surface area (Å²) in [6, 6.07) is 10.7. The molecule has 4 rings (SSSR count). The lowest BCUT2D eigenvalue weighted by Crippen LogP contribution is -2.42. The zero-order valence-corrected chi connectivity index (χ0v) is 21.1. The van der Waals surface area contributed by atoms with Gasteiger partial charge in [-0.1, -0.05) is 19.9 Å². The van der Waals surface area contributed by atoms with Gasteiger partial charge in [-0.2, -0.15) is 0 Å². The van der Waals surface area contributed by atoms with Crippen LogP contribution in [0.4, 0.5) is 20.2 Å². The van der Waals surface area contributed by atoms with Crippen LogP contribution in [0.3, 0.4) is 0 Å². The van der Waals surface area contributed by atoms with Crippen LogP contribution in [-0.2, 0) is 16.6 Å². The van der Waals surface area contributed by atoms with Crippen molar-refractivity contribution in [1.82, 2.24) is 4.90 Å². The number of benzene rings is 2. The van der Waals surface area contributed by atoms with Gasteiger partial charge in [-0.25, -0.2) is 17.2 Å². The zero-order valence-electron chi connectivity index (χ0n) is 19.4. The number of rotatable bonds is 7. The van der Waals surface area contributed by atoms with Gasteiger partial charge in [-0.15, -0.1) is 11.3 Å². The Kier molecular flexibility index (Phi) is 7.42. The molecule has 1 aliphatic rings. The van der Waals surface area contributed by atoms with Crippen molar-refractivity contribution < 1.29 is 22.0 Å². The zero-order chi connectivity index (χ0) is 25.2. The molecule has 1 fully saturated rings. The molecule has 1 amide bonds. The fourth-order valence-electron chi connectivity index (χ4n) is 4.41. The number of anilines is 2. The Balaban J connectivity index is 1.69. The van der Waals surface area contributed by atoms with E-state index in [1.807, 2.05) is 17.5 Å². The summed E-state index contributed by atoms with van der Waals surface area (Å²) in [6.45, 7) is 5.72. The summed E-state index contributed by atoms with van der Waals surface area (Å²) in [7, 11) is -4.37. The molecular formula is C25H27F2N3O3S2. The third kappa shape index (κ3) is 5.99. The fourth-order valence-corrected chi connectivity index (χ4v) is 6.32. The Morgan fingerprint density at radius 2 is 1.80 bits per heavy atom. The lowest BCUT2D eigenvalue weighted by Gasteiger charge is -2.35. The monoisotopic (exact) mass is 519 g/mol. The van der Waals surface area contributed by atoms with E-state index in [1.54, 1.807) is 11.0 Å². The summed E-state index contributed by atoms with van der Waals surface area (Å²) < 4.78 is 56.7. The summed E-state index contributed by atoms with van der Waals surface area (Å²) in [4.78, 5) is 15.8. The average molecular weight is 520 g/mol. The quantitative estimate of drug-likeness (QED) is 0.429. The number of thiophene rings is 1. The second-order valence-electron chi connectivity index (χ2n) is 9.03. The number of sulfonamides is 1. The van der Waals surface area contributed by atoms with E-state index < -0.39 is 27.3 Å². The van der Waals surface area contributed by atoms with Gasteiger partial charge in [0.15, 0.2) is 0 Å². The van der Waals surface area contributed by atoms with Crippen molar-refractivity contribution >= 4 is 38.6 Å². The molecule has 0 saturated carbocycles. The molecule has 2 heterocycles. The maximum absolute atomic E-state index is 14.2. The van der Waals surface area contributed by atoms with Gasteiger partial charge in [0.1, 0.15) is 16.5 Å². The minimum Gasteiger partial charge on any atom is -0.379 e. The van der Waals surface area contributed by atoms with E-state index in [1.165, 1.54) is 23.5 Å². The minimum atomic E-state index is -4.37. The number of halogens is 2. The van der Waals surface area contributed by atoms with Crippen LogP contribution < -0.4 is 10.0 Å². The summed E-state index contributed by atoms with van der Waals surface area (Å²) >= 11 is 1.51. The predicted molar refractivity (Wildman–Crippen MR) is 134 cm³/mol. The van der Waals surface area contributed by atoms with Gasteiger partial charge in [-0.05, 0) is 60.0 Å².